The Labute approximate surface area is 160 Å². The van der Waals surface area contributed by atoms with Crippen molar-refractivity contribution >= 4 is 10.0 Å². The molecule has 1 atom stereocenters. The summed E-state index contributed by atoms with van der Waals surface area (Å²) in [7, 11) is 2.66. The number of nitrogens with one attached hydrogen (secondary N) is 1. The van der Waals surface area contributed by atoms with Crippen LogP contribution in [0.3, 0.4) is 0 Å². The predicted molar refractivity (Wildman–Crippen MR) is 104 cm³/mol. The Kier molecular flexibility index (Phi) is 6.56. The van der Waals surface area contributed by atoms with Crippen LogP contribution < -0.4 is 23.7 Å². The van der Waals surface area contributed by atoms with Gasteiger partial charge in [-0.25, -0.2) is 13.1 Å². The first-order valence-electron chi connectivity index (χ1n) is 8.15. The van der Waals surface area contributed by atoms with Crippen LogP contribution in [0.5, 0.6) is 23.0 Å². The van der Waals surface area contributed by atoms with Crippen LogP contribution in [0.1, 0.15) is 22.7 Å². The second-order valence-electron chi connectivity index (χ2n) is 6.00. The van der Waals surface area contributed by atoms with Crippen molar-refractivity contribution in [3.8, 4) is 23.0 Å². The van der Waals surface area contributed by atoms with Crippen LogP contribution in [-0.4, -0.2) is 43.1 Å². The molecule has 27 heavy (non-hydrogen) atoms. The number of hydrogen-bond donors (Lipinski definition) is 1. The summed E-state index contributed by atoms with van der Waals surface area (Å²) in [5, 5.41) is 0. The fourth-order valence-corrected chi connectivity index (χ4v) is 3.56. The van der Waals surface area contributed by atoms with E-state index in [0.29, 0.717) is 28.6 Å². The second-order valence-corrected chi connectivity index (χ2v) is 7.78. The Hall–Kier alpha value is -2.45. The molecule has 0 radical (unpaired) electrons. The highest BCUT2D eigenvalue weighted by atomic mass is 32.2. The zero-order valence-electron chi connectivity index (χ0n) is 16.3. The van der Waals surface area contributed by atoms with Crippen molar-refractivity contribution in [2.45, 2.75) is 13.0 Å². The highest BCUT2D eigenvalue weighted by Gasteiger charge is 2.23. The Balaban J connectivity index is 2.66. The first-order valence-corrected chi connectivity index (χ1v) is 10.0. The molecule has 0 saturated heterocycles. The van der Waals surface area contributed by atoms with E-state index in [4.69, 9.17) is 18.9 Å². The van der Waals surface area contributed by atoms with Gasteiger partial charge < -0.3 is 18.9 Å². The number of benzene rings is 2. The minimum Gasteiger partial charge on any atom is -0.493 e. The van der Waals surface area contributed by atoms with E-state index in [1.165, 1.54) is 14.2 Å². The Morgan fingerprint density at radius 1 is 0.815 bits per heavy atom. The molecule has 0 spiro atoms. The number of aryl methyl sites for hydroxylation is 1. The summed E-state index contributed by atoms with van der Waals surface area (Å²) in [5.74, 6) is 2.15. The van der Waals surface area contributed by atoms with Gasteiger partial charge in [-0.2, -0.15) is 0 Å². The number of methoxy groups -OCH3 is 4. The van der Waals surface area contributed by atoms with Gasteiger partial charge >= 0.3 is 0 Å². The van der Waals surface area contributed by atoms with E-state index >= 15 is 0 Å². The second kappa shape index (κ2) is 8.49. The molecule has 7 nitrogen and oxygen atoms in total. The molecule has 0 bridgehead atoms. The maximum absolute atomic E-state index is 12.0. The van der Waals surface area contributed by atoms with Crippen molar-refractivity contribution in [2.24, 2.45) is 0 Å². The van der Waals surface area contributed by atoms with Crippen molar-refractivity contribution in [1.82, 2.24) is 4.72 Å². The maximum Gasteiger partial charge on any atom is 0.209 e. The molecular weight excluding hydrogens is 370 g/mol. The lowest BCUT2D eigenvalue weighted by atomic mass is 9.95. The van der Waals surface area contributed by atoms with Crippen molar-refractivity contribution in [3.05, 3.63) is 47.0 Å². The molecule has 148 valence electrons. The van der Waals surface area contributed by atoms with Crippen molar-refractivity contribution in [2.75, 3.05) is 34.7 Å². The van der Waals surface area contributed by atoms with Crippen molar-refractivity contribution in [3.63, 3.8) is 0 Å². The molecule has 8 heteroatoms. The third-order valence-corrected chi connectivity index (χ3v) is 4.82. The van der Waals surface area contributed by atoms with Gasteiger partial charge in [0.2, 0.25) is 10.0 Å². The molecular formula is C19H25NO6S. The molecule has 0 aliphatic rings. The molecule has 0 saturated carbocycles. The minimum atomic E-state index is -3.50. The minimum absolute atomic E-state index is 0.508. The highest BCUT2D eigenvalue weighted by molar-refractivity contribution is 7.88. The Morgan fingerprint density at radius 3 is 1.85 bits per heavy atom. The van der Waals surface area contributed by atoms with E-state index in [1.807, 2.05) is 13.0 Å². The lowest BCUT2D eigenvalue weighted by Crippen LogP contribution is -2.29. The van der Waals surface area contributed by atoms with Crippen LogP contribution >= 0.6 is 0 Å². The summed E-state index contributed by atoms with van der Waals surface area (Å²) in [6, 6.07) is 8.22. The highest BCUT2D eigenvalue weighted by Crippen LogP contribution is 2.37. The third-order valence-electron chi connectivity index (χ3n) is 4.16. The standard InChI is InChI=1S/C19H25NO6S/c1-12-9-16(24-3)18(26-5)11-14(12)19(20-27(6,21)22)13-7-8-15(23-2)17(10-13)25-4/h7-11,19-20H,1-6H3. The van der Waals surface area contributed by atoms with Crippen LogP contribution in [-0.2, 0) is 10.0 Å². The number of rotatable bonds is 8. The van der Waals surface area contributed by atoms with Gasteiger partial charge in [0.25, 0.3) is 0 Å². The molecule has 0 aliphatic carbocycles. The van der Waals surface area contributed by atoms with Gasteiger partial charge in [0, 0.05) is 0 Å². The van der Waals surface area contributed by atoms with Gasteiger partial charge in [0.15, 0.2) is 23.0 Å². The number of sulfonamides is 1. The topological polar surface area (TPSA) is 83.1 Å². The van der Waals surface area contributed by atoms with E-state index in [-0.39, 0.29) is 0 Å². The summed E-state index contributed by atoms with van der Waals surface area (Å²) in [6.07, 6.45) is 1.12. The molecule has 2 rings (SSSR count). The number of hydrogen-bond acceptors (Lipinski definition) is 6. The normalized spacial score (nSPS) is 12.4. The number of ether oxygens (including phenoxy) is 4. The van der Waals surface area contributed by atoms with E-state index in [0.717, 1.165) is 17.4 Å². The fourth-order valence-electron chi connectivity index (χ4n) is 2.86. The SMILES string of the molecule is COc1ccc(C(NS(C)(=O)=O)c2cc(OC)c(OC)cc2C)cc1OC. The summed E-state index contributed by atoms with van der Waals surface area (Å²) in [5.41, 5.74) is 2.29. The first kappa shape index (κ1) is 20.9. The van der Waals surface area contributed by atoms with Crippen LogP contribution in [0.25, 0.3) is 0 Å². The molecule has 1 unspecified atom stereocenters. The lowest BCUT2D eigenvalue weighted by Gasteiger charge is -2.23. The first-order chi connectivity index (χ1) is 12.7. The Bertz CT molecular complexity index is 911. The van der Waals surface area contributed by atoms with Crippen LogP contribution in [0, 0.1) is 6.92 Å². The zero-order chi connectivity index (χ0) is 20.2. The molecule has 0 heterocycles. The lowest BCUT2D eigenvalue weighted by molar-refractivity contribution is 0.353. The van der Waals surface area contributed by atoms with Crippen LogP contribution in [0.15, 0.2) is 30.3 Å². The van der Waals surface area contributed by atoms with Crippen LogP contribution in [0.2, 0.25) is 0 Å². The van der Waals surface area contributed by atoms with E-state index < -0.39 is 16.1 Å². The van der Waals surface area contributed by atoms with Gasteiger partial charge in [-0.3, -0.25) is 0 Å². The van der Waals surface area contributed by atoms with Crippen LogP contribution in [0.4, 0.5) is 0 Å². The molecule has 0 amide bonds. The molecule has 1 N–H and O–H groups in total. The van der Waals surface area contributed by atoms with Crippen molar-refractivity contribution < 1.29 is 27.4 Å². The summed E-state index contributed by atoms with van der Waals surface area (Å²) >= 11 is 0. The average molecular weight is 395 g/mol. The van der Waals surface area contributed by atoms with Gasteiger partial charge in [-0.15, -0.1) is 0 Å². The molecule has 2 aromatic rings. The summed E-state index contributed by atoms with van der Waals surface area (Å²) in [6.45, 7) is 1.88. The predicted octanol–water partition coefficient (Wildman–Crippen LogP) is 2.67. The Morgan fingerprint density at radius 2 is 1.33 bits per heavy atom. The summed E-state index contributed by atoms with van der Waals surface area (Å²) in [4.78, 5) is 0. The average Bonchev–Trinajstić information content (AvgIpc) is 2.64. The molecule has 0 aliphatic heterocycles. The maximum atomic E-state index is 12.0. The third kappa shape index (κ3) is 4.84. The van der Waals surface area contributed by atoms with E-state index in [1.54, 1.807) is 38.5 Å². The van der Waals surface area contributed by atoms with Gasteiger partial charge in [-0.1, -0.05) is 6.07 Å². The fraction of sp³-hybridized carbons (Fsp3) is 0.368. The van der Waals surface area contributed by atoms with Gasteiger partial charge in [-0.05, 0) is 47.9 Å². The van der Waals surface area contributed by atoms with E-state index in [2.05, 4.69) is 4.72 Å². The largest absolute Gasteiger partial charge is 0.493 e. The monoisotopic (exact) mass is 395 g/mol. The smallest absolute Gasteiger partial charge is 0.209 e. The van der Waals surface area contributed by atoms with E-state index in [9.17, 15) is 8.42 Å². The summed E-state index contributed by atoms with van der Waals surface area (Å²) < 4.78 is 48.1. The van der Waals surface area contributed by atoms with Crippen molar-refractivity contribution in [1.29, 1.82) is 0 Å². The molecule has 0 aromatic heterocycles. The quantitative estimate of drug-likeness (QED) is 0.740. The molecule has 2 aromatic carbocycles. The molecule has 0 fully saturated rings. The van der Waals surface area contributed by atoms with Gasteiger partial charge in [0.1, 0.15) is 0 Å². The van der Waals surface area contributed by atoms with Gasteiger partial charge in [0.05, 0.1) is 40.7 Å². The zero-order valence-corrected chi connectivity index (χ0v) is 17.1.